The number of anilines is 1. The first-order chi connectivity index (χ1) is 8.61. The van der Waals surface area contributed by atoms with Gasteiger partial charge in [-0.15, -0.1) is 0 Å². The van der Waals surface area contributed by atoms with Crippen LogP contribution in [0.25, 0.3) is 0 Å². The van der Waals surface area contributed by atoms with Crippen LogP contribution in [0.15, 0.2) is 12.3 Å². The molecular formula is C14H22ClN3. The highest BCUT2D eigenvalue weighted by Crippen LogP contribution is 2.24. The summed E-state index contributed by atoms with van der Waals surface area (Å²) >= 11 is 6.20. The zero-order chi connectivity index (χ0) is 13.1. The fourth-order valence-corrected chi connectivity index (χ4v) is 2.01. The Labute approximate surface area is 115 Å². The van der Waals surface area contributed by atoms with Crippen molar-refractivity contribution in [2.24, 2.45) is 0 Å². The molecule has 1 saturated carbocycles. The van der Waals surface area contributed by atoms with E-state index in [1.54, 1.807) is 6.20 Å². The molecule has 0 spiro atoms. The molecule has 1 atom stereocenters. The van der Waals surface area contributed by atoms with Crippen LogP contribution in [0, 0.1) is 0 Å². The zero-order valence-corrected chi connectivity index (χ0v) is 12.2. The molecule has 0 aliphatic heterocycles. The summed E-state index contributed by atoms with van der Waals surface area (Å²) in [5, 5.41) is 4.25. The summed E-state index contributed by atoms with van der Waals surface area (Å²) in [6.07, 6.45) is 5.46. The van der Waals surface area contributed by atoms with Gasteiger partial charge in [-0.1, -0.05) is 18.5 Å². The molecule has 1 aromatic heterocycles. The Morgan fingerprint density at radius 1 is 1.56 bits per heavy atom. The van der Waals surface area contributed by atoms with Crippen LogP contribution in [0.5, 0.6) is 0 Å². The average molecular weight is 268 g/mol. The summed E-state index contributed by atoms with van der Waals surface area (Å²) in [5.74, 6) is 1.00. The van der Waals surface area contributed by atoms with Gasteiger partial charge in [0.05, 0.1) is 5.02 Å². The Balaban J connectivity index is 2.08. The molecule has 1 heterocycles. The minimum absolute atomic E-state index is 0.489. The van der Waals surface area contributed by atoms with Crippen molar-refractivity contribution in [3.63, 3.8) is 0 Å². The lowest BCUT2D eigenvalue weighted by Gasteiger charge is -2.25. The van der Waals surface area contributed by atoms with Crippen molar-refractivity contribution in [3.05, 3.63) is 22.8 Å². The molecule has 1 aliphatic carbocycles. The van der Waals surface area contributed by atoms with Crippen molar-refractivity contribution in [2.45, 2.75) is 51.7 Å². The monoisotopic (exact) mass is 267 g/mol. The highest BCUT2D eigenvalue weighted by molar-refractivity contribution is 6.31. The number of halogens is 1. The minimum Gasteiger partial charge on any atom is -0.357 e. The van der Waals surface area contributed by atoms with E-state index in [0.717, 1.165) is 29.4 Å². The second-order valence-corrected chi connectivity index (χ2v) is 5.56. The number of rotatable bonds is 6. The summed E-state index contributed by atoms with van der Waals surface area (Å²) in [6.45, 7) is 5.23. The fraction of sp³-hybridized carbons (Fsp3) is 0.643. The molecule has 3 nitrogen and oxygen atoms in total. The highest BCUT2D eigenvalue weighted by Gasteiger charge is 2.20. The molecular weight excluding hydrogens is 246 g/mol. The summed E-state index contributed by atoms with van der Waals surface area (Å²) in [5.41, 5.74) is 1.14. The van der Waals surface area contributed by atoms with Gasteiger partial charge in [-0.3, -0.25) is 0 Å². The van der Waals surface area contributed by atoms with Gasteiger partial charge in [0.25, 0.3) is 0 Å². The molecule has 0 amide bonds. The van der Waals surface area contributed by atoms with Crippen LogP contribution in [0.2, 0.25) is 5.02 Å². The molecule has 0 bridgehead atoms. The molecule has 100 valence electrons. The first-order valence-electron chi connectivity index (χ1n) is 6.72. The maximum Gasteiger partial charge on any atom is 0.128 e. The van der Waals surface area contributed by atoms with Crippen molar-refractivity contribution in [1.82, 2.24) is 10.3 Å². The lowest BCUT2D eigenvalue weighted by Crippen LogP contribution is -2.29. The van der Waals surface area contributed by atoms with E-state index in [0.29, 0.717) is 12.1 Å². The molecule has 4 heteroatoms. The van der Waals surface area contributed by atoms with Crippen LogP contribution in [0.4, 0.5) is 5.82 Å². The van der Waals surface area contributed by atoms with Crippen molar-refractivity contribution in [3.8, 4) is 0 Å². The predicted molar refractivity (Wildman–Crippen MR) is 77.3 cm³/mol. The van der Waals surface area contributed by atoms with Crippen molar-refractivity contribution >= 4 is 17.4 Å². The van der Waals surface area contributed by atoms with E-state index < -0.39 is 0 Å². The van der Waals surface area contributed by atoms with Gasteiger partial charge in [0.2, 0.25) is 0 Å². The van der Waals surface area contributed by atoms with Crippen LogP contribution in [-0.4, -0.2) is 24.1 Å². The van der Waals surface area contributed by atoms with Crippen molar-refractivity contribution < 1.29 is 0 Å². The Hall–Kier alpha value is -0.800. The summed E-state index contributed by atoms with van der Waals surface area (Å²) in [7, 11) is 2.09. The Bertz CT molecular complexity index is 404. The maximum absolute atomic E-state index is 6.20. The molecule has 1 fully saturated rings. The van der Waals surface area contributed by atoms with Gasteiger partial charge in [0.15, 0.2) is 0 Å². The third-order valence-electron chi connectivity index (χ3n) is 3.69. The predicted octanol–water partition coefficient (Wildman–Crippen LogP) is 3.22. The average Bonchev–Trinajstić information content (AvgIpc) is 3.20. The number of hydrogen-bond donors (Lipinski definition) is 1. The molecule has 0 aromatic carbocycles. The second kappa shape index (κ2) is 5.89. The van der Waals surface area contributed by atoms with E-state index in [1.165, 1.54) is 12.8 Å². The van der Waals surface area contributed by atoms with E-state index in [2.05, 4.69) is 42.2 Å². The summed E-state index contributed by atoms with van der Waals surface area (Å²) < 4.78 is 0. The third kappa shape index (κ3) is 3.36. The largest absolute Gasteiger partial charge is 0.357 e. The van der Waals surface area contributed by atoms with E-state index in [-0.39, 0.29) is 0 Å². The topological polar surface area (TPSA) is 28.2 Å². The number of nitrogens with one attached hydrogen (secondary N) is 1. The van der Waals surface area contributed by atoms with Gasteiger partial charge in [0.1, 0.15) is 5.82 Å². The SMILES string of the molecule is CCC(C)N(C)c1cc(CNC2CC2)c(Cl)cn1. The molecule has 0 radical (unpaired) electrons. The Morgan fingerprint density at radius 2 is 2.28 bits per heavy atom. The van der Waals surface area contributed by atoms with Gasteiger partial charge >= 0.3 is 0 Å². The van der Waals surface area contributed by atoms with E-state index in [9.17, 15) is 0 Å². The lowest BCUT2D eigenvalue weighted by molar-refractivity contribution is 0.653. The minimum atomic E-state index is 0.489. The van der Waals surface area contributed by atoms with Crippen LogP contribution in [0.1, 0.15) is 38.7 Å². The van der Waals surface area contributed by atoms with Crippen molar-refractivity contribution in [1.29, 1.82) is 0 Å². The third-order valence-corrected chi connectivity index (χ3v) is 4.03. The molecule has 1 N–H and O–H groups in total. The van der Waals surface area contributed by atoms with Gasteiger partial charge in [-0.25, -0.2) is 4.98 Å². The normalized spacial score (nSPS) is 16.7. The smallest absolute Gasteiger partial charge is 0.128 e. The van der Waals surface area contributed by atoms with Gasteiger partial charge in [0, 0.05) is 31.9 Å². The number of pyridine rings is 1. The quantitative estimate of drug-likeness (QED) is 0.858. The van der Waals surface area contributed by atoms with Crippen LogP contribution in [-0.2, 0) is 6.54 Å². The summed E-state index contributed by atoms with van der Waals surface area (Å²) in [6, 6.07) is 3.29. The van der Waals surface area contributed by atoms with E-state index in [4.69, 9.17) is 11.6 Å². The second-order valence-electron chi connectivity index (χ2n) is 5.16. The molecule has 1 unspecified atom stereocenters. The van der Waals surface area contributed by atoms with E-state index >= 15 is 0 Å². The van der Waals surface area contributed by atoms with Gasteiger partial charge < -0.3 is 10.2 Å². The van der Waals surface area contributed by atoms with Crippen LogP contribution in [0.3, 0.4) is 0 Å². The van der Waals surface area contributed by atoms with Gasteiger partial charge in [-0.05, 0) is 37.8 Å². The molecule has 1 aliphatic rings. The number of nitrogens with zero attached hydrogens (tertiary/aromatic N) is 2. The highest BCUT2D eigenvalue weighted by atomic mass is 35.5. The summed E-state index contributed by atoms with van der Waals surface area (Å²) in [4.78, 5) is 6.62. The van der Waals surface area contributed by atoms with Crippen molar-refractivity contribution in [2.75, 3.05) is 11.9 Å². The molecule has 18 heavy (non-hydrogen) atoms. The zero-order valence-electron chi connectivity index (χ0n) is 11.4. The first kappa shape index (κ1) is 13.6. The number of aromatic nitrogens is 1. The Kier molecular flexibility index (Phi) is 4.46. The fourth-order valence-electron chi connectivity index (χ4n) is 1.84. The van der Waals surface area contributed by atoms with Crippen LogP contribution >= 0.6 is 11.6 Å². The maximum atomic E-state index is 6.20. The van der Waals surface area contributed by atoms with Crippen LogP contribution < -0.4 is 10.2 Å². The molecule has 1 aromatic rings. The number of hydrogen-bond acceptors (Lipinski definition) is 3. The van der Waals surface area contributed by atoms with Gasteiger partial charge in [-0.2, -0.15) is 0 Å². The van der Waals surface area contributed by atoms with E-state index in [1.807, 2.05) is 0 Å². The lowest BCUT2D eigenvalue weighted by atomic mass is 10.2. The Morgan fingerprint density at radius 3 is 2.89 bits per heavy atom. The molecule has 2 rings (SSSR count). The first-order valence-corrected chi connectivity index (χ1v) is 7.10. The molecule has 0 saturated heterocycles. The standard InChI is InChI=1S/C14H22ClN3/c1-4-10(2)18(3)14-7-11(13(15)9-17-14)8-16-12-5-6-12/h7,9-10,12,16H,4-6,8H2,1-3H3.